The molecule has 0 bridgehead atoms. The van der Waals surface area contributed by atoms with Gasteiger partial charge in [0.1, 0.15) is 0 Å². The van der Waals surface area contributed by atoms with Gasteiger partial charge in [-0.3, -0.25) is 10.1 Å². The lowest BCUT2D eigenvalue weighted by molar-refractivity contribution is -0.131. The lowest BCUT2D eigenvalue weighted by Gasteiger charge is -2.30. The normalized spacial score (nSPS) is 25.4. The number of carbonyl (C=O) groups is 1. The highest BCUT2D eigenvalue weighted by atomic mass is 16.2. The topological polar surface area (TPSA) is 35.6 Å². The maximum atomic E-state index is 12.2. The highest BCUT2D eigenvalue weighted by molar-refractivity contribution is 5.84. The number of carbonyl (C=O) groups excluding carboxylic acids is 1. The largest absolute Gasteiger partial charge is 0.323 e. The van der Waals surface area contributed by atoms with Crippen LogP contribution < -0.4 is 5.32 Å². The molecule has 0 spiro atoms. The molecule has 1 N–H and O–H groups in total. The van der Waals surface area contributed by atoms with Crippen molar-refractivity contribution in [3.63, 3.8) is 0 Å². The Kier molecular flexibility index (Phi) is 6.80. The Balaban J connectivity index is 2.43. The molecule has 0 aromatic heterocycles. The molecule has 1 saturated heterocycles. The minimum Gasteiger partial charge on any atom is -0.323 e. The Labute approximate surface area is 118 Å². The van der Waals surface area contributed by atoms with E-state index < -0.39 is 0 Å². The molecule has 0 radical (unpaired) electrons. The first kappa shape index (κ1) is 16.4. The van der Waals surface area contributed by atoms with E-state index in [-0.39, 0.29) is 18.1 Å². The quantitative estimate of drug-likeness (QED) is 0.732. The molecule has 0 aromatic carbocycles. The van der Waals surface area contributed by atoms with E-state index in [2.05, 4.69) is 42.8 Å². The first-order valence-electron chi connectivity index (χ1n) is 7.85. The minimum atomic E-state index is -0.0183. The first-order valence-corrected chi connectivity index (χ1v) is 7.85. The van der Waals surface area contributed by atoms with E-state index in [9.17, 15) is 4.79 Å². The molecule has 1 fully saturated rings. The van der Waals surface area contributed by atoms with Crippen molar-refractivity contribution in [1.82, 2.24) is 15.1 Å². The van der Waals surface area contributed by atoms with E-state index in [1.54, 1.807) is 0 Å². The van der Waals surface area contributed by atoms with Gasteiger partial charge in [-0.1, -0.05) is 20.8 Å². The molecule has 1 rings (SSSR count). The zero-order valence-electron chi connectivity index (χ0n) is 13.3. The number of rotatable bonds is 8. The van der Waals surface area contributed by atoms with Crippen molar-refractivity contribution < 1.29 is 4.79 Å². The van der Waals surface area contributed by atoms with Crippen molar-refractivity contribution in [1.29, 1.82) is 0 Å². The molecule has 1 aliphatic rings. The number of amides is 1. The predicted molar refractivity (Wildman–Crippen MR) is 80.0 cm³/mol. The van der Waals surface area contributed by atoms with Crippen LogP contribution in [0.25, 0.3) is 0 Å². The first-order chi connectivity index (χ1) is 9.04. The molecular formula is C15H31N3O. The van der Waals surface area contributed by atoms with Crippen molar-refractivity contribution in [2.24, 2.45) is 0 Å². The summed E-state index contributed by atoms with van der Waals surface area (Å²) in [5.74, 6) is 0.266. The van der Waals surface area contributed by atoms with Crippen molar-refractivity contribution in [3.05, 3.63) is 0 Å². The van der Waals surface area contributed by atoms with E-state index in [1.807, 2.05) is 6.92 Å². The average molecular weight is 269 g/mol. The van der Waals surface area contributed by atoms with E-state index in [4.69, 9.17) is 0 Å². The van der Waals surface area contributed by atoms with Gasteiger partial charge in [0.2, 0.25) is 5.91 Å². The standard InChI is InChI=1S/C15H31N3O/c1-6-14-16-13(5)15(19)18(14)12(4)10-9-11-17(7-2)8-3/h12-14,16H,6-11H2,1-5H3. The number of nitrogens with zero attached hydrogens (tertiary/aromatic N) is 2. The molecule has 1 amide bonds. The summed E-state index contributed by atoms with van der Waals surface area (Å²) >= 11 is 0. The second-order valence-electron chi connectivity index (χ2n) is 5.58. The molecule has 3 atom stereocenters. The molecule has 0 aliphatic carbocycles. The van der Waals surface area contributed by atoms with Crippen LogP contribution in [0.15, 0.2) is 0 Å². The Bertz CT molecular complexity index is 279. The highest BCUT2D eigenvalue weighted by Crippen LogP contribution is 2.19. The van der Waals surface area contributed by atoms with Crippen LogP contribution in [0.2, 0.25) is 0 Å². The maximum Gasteiger partial charge on any atom is 0.240 e. The zero-order chi connectivity index (χ0) is 14.4. The highest BCUT2D eigenvalue weighted by Gasteiger charge is 2.37. The van der Waals surface area contributed by atoms with E-state index in [0.29, 0.717) is 6.04 Å². The van der Waals surface area contributed by atoms with Gasteiger partial charge in [0, 0.05) is 6.04 Å². The number of nitrogens with one attached hydrogen (secondary N) is 1. The molecule has 1 aliphatic heterocycles. The maximum absolute atomic E-state index is 12.2. The van der Waals surface area contributed by atoms with Gasteiger partial charge >= 0.3 is 0 Å². The third-order valence-electron chi connectivity index (χ3n) is 4.26. The van der Waals surface area contributed by atoms with Crippen LogP contribution in [0.5, 0.6) is 0 Å². The third kappa shape index (κ3) is 4.18. The van der Waals surface area contributed by atoms with Gasteiger partial charge in [-0.05, 0) is 52.7 Å². The van der Waals surface area contributed by atoms with Crippen molar-refractivity contribution >= 4 is 5.91 Å². The lowest BCUT2D eigenvalue weighted by atomic mass is 10.1. The summed E-state index contributed by atoms with van der Waals surface area (Å²) in [6.45, 7) is 14.1. The smallest absolute Gasteiger partial charge is 0.240 e. The molecule has 4 heteroatoms. The van der Waals surface area contributed by atoms with Crippen LogP contribution in [0, 0.1) is 0 Å². The summed E-state index contributed by atoms with van der Waals surface area (Å²) < 4.78 is 0. The van der Waals surface area contributed by atoms with Crippen LogP contribution in [0.1, 0.15) is 53.9 Å². The Morgan fingerprint density at radius 3 is 2.47 bits per heavy atom. The molecule has 3 unspecified atom stereocenters. The Hall–Kier alpha value is -0.610. The van der Waals surface area contributed by atoms with Crippen LogP contribution in [0.4, 0.5) is 0 Å². The van der Waals surface area contributed by atoms with Gasteiger partial charge in [0.05, 0.1) is 12.2 Å². The number of hydrogen-bond acceptors (Lipinski definition) is 3. The van der Waals surface area contributed by atoms with Crippen LogP contribution in [-0.4, -0.2) is 53.6 Å². The molecule has 4 nitrogen and oxygen atoms in total. The fraction of sp³-hybridized carbons (Fsp3) is 0.933. The molecule has 112 valence electrons. The van der Waals surface area contributed by atoms with Crippen molar-refractivity contribution in [2.45, 2.75) is 72.1 Å². The van der Waals surface area contributed by atoms with E-state index in [1.165, 1.54) is 0 Å². The predicted octanol–water partition coefficient (Wildman–Crippen LogP) is 2.05. The summed E-state index contributed by atoms with van der Waals surface area (Å²) in [4.78, 5) is 16.7. The summed E-state index contributed by atoms with van der Waals surface area (Å²) in [6.07, 6.45) is 3.46. The van der Waals surface area contributed by atoms with Gasteiger partial charge < -0.3 is 9.80 Å². The summed E-state index contributed by atoms with van der Waals surface area (Å²) in [5.41, 5.74) is 0. The van der Waals surface area contributed by atoms with Crippen LogP contribution in [-0.2, 0) is 4.79 Å². The fourth-order valence-corrected chi connectivity index (χ4v) is 2.95. The van der Waals surface area contributed by atoms with E-state index in [0.717, 1.165) is 38.9 Å². The Morgan fingerprint density at radius 2 is 1.95 bits per heavy atom. The summed E-state index contributed by atoms with van der Waals surface area (Å²) in [5, 5.41) is 3.37. The van der Waals surface area contributed by atoms with Gasteiger partial charge in [-0.2, -0.15) is 0 Å². The van der Waals surface area contributed by atoms with Gasteiger partial charge in [0.25, 0.3) is 0 Å². The van der Waals surface area contributed by atoms with Crippen LogP contribution in [0.3, 0.4) is 0 Å². The van der Waals surface area contributed by atoms with E-state index >= 15 is 0 Å². The monoisotopic (exact) mass is 269 g/mol. The van der Waals surface area contributed by atoms with Gasteiger partial charge in [-0.15, -0.1) is 0 Å². The molecule has 19 heavy (non-hydrogen) atoms. The third-order valence-corrected chi connectivity index (χ3v) is 4.26. The number of hydrogen-bond donors (Lipinski definition) is 1. The summed E-state index contributed by atoms with van der Waals surface area (Å²) in [6, 6.07) is 0.320. The summed E-state index contributed by atoms with van der Waals surface area (Å²) in [7, 11) is 0. The van der Waals surface area contributed by atoms with Gasteiger partial charge in [0.15, 0.2) is 0 Å². The molecule has 0 aromatic rings. The second-order valence-corrected chi connectivity index (χ2v) is 5.58. The molecular weight excluding hydrogens is 238 g/mol. The average Bonchev–Trinajstić information content (AvgIpc) is 2.70. The molecule has 0 saturated carbocycles. The lowest BCUT2D eigenvalue weighted by Crippen LogP contribution is -2.43. The van der Waals surface area contributed by atoms with Gasteiger partial charge in [-0.25, -0.2) is 0 Å². The second kappa shape index (κ2) is 7.85. The Morgan fingerprint density at radius 1 is 1.32 bits per heavy atom. The fourth-order valence-electron chi connectivity index (χ4n) is 2.95. The molecule has 1 heterocycles. The zero-order valence-corrected chi connectivity index (χ0v) is 13.3. The van der Waals surface area contributed by atoms with Crippen molar-refractivity contribution in [2.75, 3.05) is 19.6 Å². The minimum absolute atomic E-state index is 0.0183. The SMILES string of the molecule is CCC1NC(C)C(=O)N1C(C)CCCN(CC)CC. The van der Waals surface area contributed by atoms with Crippen molar-refractivity contribution in [3.8, 4) is 0 Å². The van der Waals surface area contributed by atoms with Crippen LogP contribution >= 0.6 is 0 Å².